The van der Waals surface area contributed by atoms with Crippen LogP contribution >= 0.6 is 0 Å². The fraction of sp³-hybridized carbons (Fsp3) is 0.0909. The average Bonchev–Trinajstić information content (AvgIpc) is 3.30. The van der Waals surface area contributed by atoms with Gasteiger partial charge in [-0.05, 0) is 91.9 Å². The van der Waals surface area contributed by atoms with Gasteiger partial charge < -0.3 is 14.8 Å². The molecule has 3 atom stereocenters. The van der Waals surface area contributed by atoms with E-state index in [4.69, 9.17) is 9.47 Å². The molecule has 3 aliphatic heterocycles. The summed E-state index contributed by atoms with van der Waals surface area (Å²) in [4.78, 5) is 2.33. The first-order valence-electron chi connectivity index (χ1n) is 20.7. The standard InChI is InChI=1S/C55H40N2O2/c1-2-42-51(37-27-25-35(26-28-37)34-13-4-3-5-14-34)45-30-29-36-15-8-9-20-43(36)53(45)56-52(42)41-19-10-18-40(31-41)44-21-11-22-46-55(44)59-49-24-12-23-48-54(49)57(46)47-32-38-16-6-7-17-39(38)33-50(47)58-48/h3-33,42,51-52,56H,2H2,1H3. The van der Waals surface area contributed by atoms with Gasteiger partial charge >= 0.3 is 0 Å². The van der Waals surface area contributed by atoms with Gasteiger partial charge in [-0.1, -0.05) is 165 Å². The lowest BCUT2D eigenvalue weighted by atomic mass is 9.70. The lowest BCUT2D eigenvalue weighted by Gasteiger charge is -2.42. The van der Waals surface area contributed by atoms with E-state index in [2.05, 4.69) is 187 Å². The van der Waals surface area contributed by atoms with Crippen LogP contribution in [0.2, 0.25) is 0 Å². The number of fused-ring (bicyclic) bond motifs is 8. The predicted octanol–water partition coefficient (Wildman–Crippen LogP) is 15.3. The highest BCUT2D eigenvalue weighted by Crippen LogP contribution is 2.61. The summed E-state index contributed by atoms with van der Waals surface area (Å²) >= 11 is 0. The summed E-state index contributed by atoms with van der Waals surface area (Å²) in [5.41, 5.74) is 12.8. The number of hydrogen-bond donors (Lipinski definition) is 1. The molecule has 3 heterocycles. The molecule has 0 radical (unpaired) electrons. The van der Waals surface area contributed by atoms with Crippen molar-refractivity contribution >= 4 is 44.3 Å². The van der Waals surface area contributed by atoms with Gasteiger partial charge in [0.1, 0.15) is 5.69 Å². The predicted molar refractivity (Wildman–Crippen MR) is 242 cm³/mol. The second-order valence-electron chi connectivity index (χ2n) is 16.0. The maximum absolute atomic E-state index is 6.91. The van der Waals surface area contributed by atoms with Crippen LogP contribution in [0, 0.1) is 5.92 Å². The molecule has 59 heavy (non-hydrogen) atoms. The van der Waals surface area contributed by atoms with Crippen LogP contribution in [0.1, 0.15) is 42.0 Å². The van der Waals surface area contributed by atoms with Gasteiger partial charge in [-0.3, -0.25) is 4.90 Å². The van der Waals surface area contributed by atoms with Gasteiger partial charge in [0.2, 0.25) is 0 Å². The molecule has 9 aromatic carbocycles. The summed E-state index contributed by atoms with van der Waals surface area (Å²) in [5.74, 6) is 3.74. The van der Waals surface area contributed by atoms with Gasteiger partial charge in [-0.25, -0.2) is 0 Å². The number of para-hydroxylation sites is 2. The van der Waals surface area contributed by atoms with E-state index in [9.17, 15) is 0 Å². The lowest BCUT2D eigenvalue weighted by Crippen LogP contribution is -2.32. The molecule has 12 rings (SSSR count). The van der Waals surface area contributed by atoms with Crippen LogP contribution in [0.15, 0.2) is 188 Å². The van der Waals surface area contributed by atoms with Crippen LogP contribution in [0.4, 0.5) is 22.7 Å². The van der Waals surface area contributed by atoms with E-state index in [0.717, 1.165) is 68.4 Å². The third-order valence-electron chi connectivity index (χ3n) is 12.8. The number of ether oxygens (including phenoxy) is 2. The molecule has 0 saturated heterocycles. The summed E-state index contributed by atoms with van der Waals surface area (Å²) in [6, 6.07) is 68.0. The molecule has 282 valence electrons. The second-order valence-corrected chi connectivity index (χ2v) is 16.0. The van der Waals surface area contributed by atoms with Gasteiger partial charge in [0.25, 0.3) is 0 Å². The fourth-order valence-electron chi connectivity index (χ4n) is 10.0. The first-order chi connectivity index (χ1) is 29.2. The molecule has 3 aliphatic rings. The van der Waals surface area contributed by atoms with Crippen molar-refractivity contribution < 1.29 is 9.47 Å². The van der Waals surface area contributed by atoms with Crippen LogP contribution in [0.5, 0.6) is 23.0 Å². The zero-order valence-electron chi connectivity index (χ0n) is 32.6. The molecule has 0 aromatic heterocycles. The van der Waals surface area contributed by atoms with Crippen molar-refractivity contribution in [3.05, 3.63) is 205 Å². The summed E-state index contributed by atoms with van der Waals surface area (Å²) < 4.78 is 13.5. The summed E-state index contributed by atoms with van der Waals surface area (Å²) in [6.45, 7) is 2.34. The van der Waals surface area contributed by atoms with Crippen molar-refractivity contribution in [2.75, 3.05) is 10.2 Å². The Bertz CT molecular complexity index is 3100. The molecule has 0 saturated carbocycles. The minimum atomic E-state index is 0.0696. The van der Waals surface area contributed by atoms with Crippen LogP contribution in [0.25, 0.3) is 43.8 Å². The molecule has 0 aliphatic carbocycles. The quantitative estimate of drug-likeness (QED) is 0.189. The highest BCUT2D eigenvalue weighted by Gasteiger charge is 2.39. The second kappa shape index (κ2) is 13.4. The van der Waals surface area contributed by atoms with E-state index >= 15 is 0 Å². The van der Waals surface area contributed by atoms with Crippen LogP contribution in [-0.4, -0.2) is 0 Å². The molecule has 0 bridgehead atoms. The largest absolute Gasteiger partial charge is 0.453 e. The minimum Gasteiger partial charge on any atom is -0.453 e. The molecule has 4 nitrogen and oxygen atoms in total. The number of nitrogens with zero attached hydrogens (tertiary/aromatic N) is 1. The Morgan fingerprint density at radius 3 is 2.03 bits per heavy atom. The monoisotopic (exact) mass is 760 g/mol. The molecule has 0 fully saturated rings. The topological polar surface area (TPSA) is 33.7 Å². The van der Waals surface area contributed by atoms with Gasteiger partial charge in [0.05, 0.1) is 17.4 Å². The van der Waals surface area contributed by atoms with E-state index in [1.54, 1.807) is 0 Å². The number of benzene rings is 9. The number of anilines is 4. The van der Waals surface area contributed by atoms with Crippen molar-refractivity contribution in [1.82, 2.24) is 0 Å². The Hall–Kier alpha value is -7.30. The molecular formula is C55H40N2O2. The van der Waals surface area contributed by atoms with Crippen molar-refractivity contribution in [2.45, 2.75) is 25.3 Å². The highest BCUT2D eigenvalue weighted by atomic mass is 16.5. The molecule has 1 N–H and O–H groups in total. The number of hydrogen-bond acceptors (Lipinski definition) is 4. The first kappa shape index (κ1) is 33.8. The van der Waals surface area contributed by atoms with Gasteiger partial charge in [0, 0.05) is 22.6 Å². The number of nitrogens with one attached hydrogen (secondary N) is 1. The zero-order chi connectivity index (χ0) is 39.0. The van der Waals surface area contributed by atoms with Crippen LogP contribution in [-0.2, 0) is 0 Å². The smallest absolute Gasteiger partial charge is 0.159 e. The maximum atomic E-state index is 6.91. The Kier molecular flexibility index (Phi) is 7.67. The van der Waals surface area contributed by atoms with E-state index in [-0.39, 0.29) is 12.0 Å². The van der Waals surface area contributed by atoms with Crippen molar-refractivity contribution in [3.8, 4) is 45.3 Å². The Labute approximate surface area is 343 Å². The average molecular weight is 761 g/mol. The zero-order valence-corrected chi connectivity index (χ0v) is 32.6. The SMILES string of the molecule is CCC1C(c2cccc(-c3cccc4c3Oc3cccc5c3N4c3cc4ccccc4cc3O5)c2)Nc2c(ccc3ccccc23)C1c1ccc(-c2ccccc2)cc1. The molecular weight excluding hydrogens is 721 g/mol. The van der Waals surface area contributed by atoms with Crippen molar-refractivity contribution in [3.63, 3.8) is 0 Å². The van der Waals surface area contributed by atoms with Crippen LogP contribution < -0.4 is 19.7 Å². The summed E-state index contributed by atoms with van der Waals surface area (Å²) in [5, 5.41) is 8.96. The van der Waals surface area contributed by atoms with E-state index in [1.807, 2.05) is 18.2 Å². The van der Waals surface area contributed by atoms with Crippen molar-refractivity contribution in [2.24, 2.45) is 5.92 Å². The first-order valence-corrected chi connectivity index (χ1v) is 20.7. The van der Waals surface area contributed by atoms with E-state index in [1.165, 1.54) is 44.3 Å². The van der Waals surface area contributed by atoms with E-state index in [0.29, 0.717) is 5.92 Å². The van der Waals surface area contributed by atoms with Gasteiger partial charge in [-0.15, -0.1) is 0 Å². The highest BCUT2D eigenvalue weighted by molar-refractivity contribution is 6.01. The molecule has 0 amide bonds. The third kappa shape index (κ3) is 5.37. The third-order valence-corrected chi connectivity index (χ3v) is 12.8. The van der Waals surface area contributed by atoms with Crippen LogP contribution in [0.3, 0.4) is 0 Å². The Morgan fingerprint density at radius 2 is 1.20 bits per heavy atom. The Morgan fingerprint density at radius 1 is 0.508 bits per heavy atom. The molecule has 9 aromatic rings. The van der Waals surface area contributed by atoms with Gasteiger partial charge in [0.15, 0.2) is 23.0 Å². The molecule has 4 heteroatoms. The Balaban J connectivity index is 0.981. The normalized spacial score (nSPS) is 17.2. The molecule has 3 unspecified atom stereocenters. The fourth-order valence-corrected chi connectivity index (χ4v) is 10.0. The van der Waals surface area contributed by atoms with Crippen molar-refractivity contribution in [1.29, 1.82) is 0 Å². The molecule has 0 spiro atoms. The van der Waals surface area contributed by atoms with Gasteiger partial charge in [-0.2, -0.15) is 0 Å². The lowest BCUT2D eigenvalue weighted by molar-refractivity contribution is 0.381. The summed E-state index contributed by atoms with van der Waals surface area (Å²) in [7, 11) is 0. The minimum absolute atomic E-state index is 0.0696. The van der Waals surface area contributed by atoms with E-state index < -0.39 is 0 Å². The number of rotatable bonds is 5. The maximum Gasteiger partial charge on any atom is 0.159 e. The summed E-state index contributed by atoms with van der Waals surface area (Å²) in [6.07, 6.45) is 1.01.